The molecule has 1 fully saturated rings. The first-order valence-corrected chi connectivity index (χ1v) is 4.62. The van der Waals surface area contributed by atoms with Crippen LogP contribution >= 0.6 is 0 Å². The number of nitrogens with one attached hydrogen (secondary N) is 1. The topological polar surface area (TPSA) is 101 Å². The van der Waals surface area contributed by atoms with Crippen LogP contribution in [0.15, 0.2) is 12.3 Å². The van der Waals surface area contributed by atoms with Crippen molar-refractivity contribution in [2.75, 3.05) is 13.1 Å². The van der Waals surface area contributed by atoms with Crippen molar-refractivity contribution >= 4 is 5.69 Å². The molecule has 7 nitrogen and oxygen atoms in total. The maximum absolute atomic E-state index is 10.5. The van der Waals surface area contributed by atoms with Crippen molar-refractivity contribution in [1.29, 1.82) is 5.26 Å². The molecule has 82 valence electrons. The molecule has 0 unspecified atom stereocenters. The molecule has 0 radical (unpaired) electrons. The molecule has 16 heavy (non-hydrogen) atoms. The third kappa shape index (κ3) is 1.92. The summed E-state index contributed by atoms with van der Waals surface area (Å²) in [4.78, 5) is 13.7. The zero-order valence-corrected chi connectivity index (χ0v) is 8.21. The van der Waals surface area contributed by atoms with Gasteiger partial charge in [0.1, 0.15) is 23.9 Å². The predicted molar refractivity (Wildman–Crippen MR) is 52.9 cm³/mol. The molecule has 1 aliphatic heterocycles. The molecule has 0 aliphatic carbocycles. The maximum Gasteiger partial charge on any atom is 0.289 e. The standard InChI is InChI=1S/C9H8N4O3/c10-2-6-1-7(13(14)15)3-12-9(6)16-8-4-11-5-8/h1,3,8,11H,4-5H2. The number of pyridine rings is 1. The van der Waals surface area contributed by atoms with E-state index in [9.17, 15) is 10.1 Å². The lowest BCUT2D eigenvalue weighted by molar-refractivity contribution is -0.385. The van der Waals surface area contributed by atoms with Crippen molar-refractivity contribution in [3.8, 4) is 11.9 Å². The first kappa shape index (κ1) is 10.3. The fraction of sp³-hybridized carbons (Fsp3) is 0.333. The van der Waals surface area contributed by atoms with Crippen LogP contribution in [0.1, 0.15) is 5.56 Å². The van der Waals surface area contributed by atoms with Gasteiger partial charge in [-0.05, 0) is 0 Å². The monoisotopic (exact) mass is 220 g/mol. The van der Waals surface area contributed by atoms with Gasteiger partial charge >= 0.3 is 0 Å². The molecule has 0 amide bonds. The van der Waals surface area contributed by atoms with E-state index in [-0.39, 0.29) is 23.2 Å². The molecule has 2 rings (SSSR count). The smallest absolute Gasteiger partial charge is 0.289 e. The summed E-state index contributed by atoms with van der Waals surface area (Å²) in [6.07, 6.45) is 1.07. The number of nitro groups is 1. The van der Waals surface area contributed by atoms with Crippen molar-refractivity contribution in [1.82, 2.24) is 10.3 Å². The Kier molecular flexibility index (Phi) is 2.66. The second-order valence-corrected chi connectivity index (χ2v) is 3.31. The number of nitrogens with zero attached hydrogens (tertiary/aromatic N) is 3. The molecular weight excluding hydrogens is 212 g/mol. The van der Waals surface area contributed by atoms with E-state index < -0.39 is 4.92 Å². The number of rotatable bonds is 3. The lowest BCUT2D eigenvalue weighted by Gasteiger charge is -2.27. The normalized spacial score (nSPS) is 14.9. The summed E-state index contributed by atoms with van der Waals surface area (Å²) in [5.74, 6) is 0.152. The van der Waals surface area contributed by atoms with Crippen LogP contribution in [0.5, 0.6) is 5.88 Å². The molecule has 0 saturated carbocycles. The van der Waals surface area contributed by atoms with Crippen LogP contribution in [0.25, 0.3) is 0 Å². The summed E-state index contributed by atoms with van der Waals surface area (Å²) in [5, 5.41) is 22.3. The van der Waals surface area contributed by atoms with E-state index in [2.05, 4.69) is 10.3 Å². The van der Waals surface area contributed by atoms with Gasteiger partial charge in [-0.2, -0.15) is 5.26 Å². The Morgan fingerprint density at radius 1 is 1.69 bits per heavy atom. The van der Waals surface area contributed by atoms with Crippen LogP contribution < -0.4 is 10.1 Å². The van der Waals surface area contributed by atoms with E-state index in [4.69, 9.17) is 10.00 Å². The highest BCUT2D eigenvalue weighted by Crippen LogP contribution is 2.21. The highest BCUT2D eigenvalue weighted by molar-refractivity contribution is 5.45. The van der Waals surface area contributed by atoms with Gasteiger partial charge in [-0.3, -0.25) is 10.1 Å². The summed E-state index contributed by atoms with van der Waals surface area (Å²) in [7, 11) is 0. The van der Waals surface area contributed by atoms with E-state index in [1.165, 1.54) is 0 Å². The molecule has 1 aromatic rings. The summed E-state index contributed by atoms with van der Waals surface area (Å²) < 4.78 is 5.39. The van der Waals surface area contributed by atoms with Crippen LogP contribution in [0.4, 0.5) is 5.69 Å². The van der Waals surface area contributed by atoms with E-state index >= 15 is 0 Å². The molecule has 0 spiro atoms. The average molecular weight is 220 g/mol. The Balaban J connectivity index is 2.24. The minimum atomic E-state index is -0.595. The highest BCUT2D eigenvalue weighted by Gasteiger charge is 2.21. The van der Waals surface area contributed by atoms with Crippen LogP contribution in [-0.4, -0.2) is 29.1 Å². The Bertz CT molecular complexity index is 464. The second kappa shape index (κ2) is 4.12. The van der Waals surface area contributed by atoms with Gasteiger partial charge in [0.15, 0.2) is 0 Å². The Morgan fingerprint density at radius 2 is 2.44 bits per heavy atom. The van der Waals surface area contributed by atoms with Crippen LogP contribution in [0, 0.1) is 21.4 Å². The minimum absolute atomic E-state index is 0.0129. The number of ether oxygens (including phenoxy) is 1. The van der Waals surface area contributed by atoms with E-state index in [1.807, 2.05) is 6.07 Å². The quantitative estimate of drug-likeness (QED) is 0.577. The largest absolute Gasteiger partial charge is 0.471 e. The van der Waals surface area contributed by atoms with E-state index in [1.54, 1.807) is 0 Å². The molecule has 2 heterocycles. The van der Waals surface area contributed by atoms with Gasteiger partial charge < -0.3 is 10.1 Å². The fourth-order valence-corrected chi connectivity index (χ4v) is 1.22. The molecule has 7 heteroatoms. The Hall–Kier alpha value is -2.20. The first-order chi connectivity index (χ1) is 7.70. The van der Waals surface area contributed by atoms with Gasteiger partial charge in [-0.15, -0.1) is 0 Å². The van der Waals surface area contributed by atoms with Gasteiger partial charge in [0.25, 0.3) is 5.69 Å². The van der Waals surface area contributed by atoms with Crippen molar-refractivity contribution < 1.29 is 9.66 Å². The Labute approximate surface area is 90.8 Å². The van der Waals surface area contributed by atoms with Crippen molar-refractivity contribution in [2.24, 2.45) is 0 Å². The van der Waals surface area contributed by atoms with Crippen LogP contribution in [-0.2, 0) is 0 Å². The van der Waals surface area contributed by atoms with Crippen molar-refractivity contribution in [2.45, 2.75) is 6.10 Å². The summed E-state index contributed by atoms with van der Waals surface area (Å²) in [6, 6.07) is 2.99. The fourth-order valence-electron chi connectivity index (χ4n) is 1.22. The zero-order chi connectivity index (χ0) is 11.5. The third-order valence-electron chi connectivity index (χ3n) is 2.19. The van der Waals surface area contributed by atoms with Crippen LogP contribution in [0.2, 0.25) is 0 Å². The Morgan fingerprint density at radius 3 is 2.94 bits per heavy atom. The van der Waals surface area contributed by atoms with E-state index in [0.717, 1.165) is 12.3 Å². The molecule has 1 aromatic heterocycles. The molecule has 1 aliphatic rings. The summed E-state index contributed by atoms with van der Waals surface area (Å²) >= 11 is 0. The first-order valence-electron chi connectivity index (χ1n) is 4.62. The molecule has 1 saturated heterocycles. The number of aromatic nitrogens is 1. The average Bonchev–Trinajstić information content (AvgIpc) is 2.23. The number of hydrogen-bond donors (Lipinski definition) is 1. The molecule has 0 bridgehead atoms. The highest BCUT2D eigenvalue weighted by atomic mass is 16.6. The molecular formula is C9H8N4O3. The van der Waals surface area contributed by atoms with Gasteiger partial charge in [0, 0.05) is 19.2 Å². The third-order valence-corrected chi connectivity index (χ3v) is 2.19. The van der Waals surface area contributed by atoms with Crippen molar-refractivity contribution in [3.63, 3.8) is 0 Å². The summed E-state index contributed by atoms with van der Waals surface area (Å²) in [6.45, 7) is 1.40. The zero-order valence-electron chi connectivity index (χ0n) is 8.21. The summed E-state index contributed by atoms with van der Waals surface area (Å²) in [5.41, 5.74) is -0.128. The molecule has 0 atom stereocenters. The maximum atomic E-state index is 10.5. The molecule has 0 aromatic carbocycles. The van der Waals surface area contributed by atoms with Gasteiger partial charge in [0.05, 0.1) is 4.92 Å². The van der Waals surface area contributed by atoms with Gasteiger partial charge in [-0.25, -0.2) is 4.98 Å². The van der Waals surface area contributed by atoms with Gasteiger partial charge in [0.2, 0.25) is 5.88 Å². The second-order valence-electron chi connectivity index (χ2n) is 3.31. The predicted octanol–water partition coefficient (Wildman–Crippen LogP) is 0.212. The van der Waals surface area contributed by atoms with E-state index in [0.29, 0.717) is 13.1 Å². The lowest BCUT2D eigenvalue weighted by Crippen LogP contribution is -2.50. The SMILES string of the molecule is N#Cc1cc([N+](=O)[O-])cnc1OC1CNC1. The molecule has 1 N–H and O–H groups in total. The van der Waals surface area contributed by atoms with Crippen LogP contribution in [0.3, 0.4) is 0 Å². The van der Waals surface area contributed by atoms with Gasteiger partial charge in [-0.1, -0.05) is 0 Å². The minimum Gasteiger partial charge on any atom is -0.471 e. The van der Waals surface area contributed by atoms with Crippen molar-refractivity contribution in [3.05, 3.63) is 27.9 Å². The number of hydrogen-bond acceptors (Lipinski definition) is 6. The number of nitriles is 1. The lowest BCUT2D eigenvalue weighted by atomic mass is 10.2.